The van der Waals surface area contributed by atoms with Gasteiger partial charge in [-0.25, -0.2) is 4.79 Å². The number of aromatic nitrogens is 1. The Kier molecular flexibility index (Phi) is 11.4. The highest BCUT2D eigenvalue weighted by atomic mass is 127. The smallest absolute Gasteiger partial charge is 0.512 e. The fourth-order valence-corrected chi connectivity index (χ4v) is 4.06. The van der Waals surface area contributed by atoms with Gasteiger partial charge in [-0.3, -0.25) is 9.28 Å². The van der Waals surface area contributed by atoms with Crippen molar-refractivity contribution in [2.75, 3.05) is 46.1 Å². The SMILES string of the molecule is CCC(CC)OC(=O)OC[N+]1(CCCCOc2ccc3ccc(=O)[nH]c3c2)CCNCC1.[I-]. The fourth-order valence-electron chi connectivity index (χ4n) is 4.06. The van der Waals surface area contributed by atoms with Gasteiger partial charge in [0.25, 0.3) is 0 Å². The standard InChI is InChI=1S/C24H35N3O5.HI/c1-3-20(4-2)32-24(29)31-18-27(14-11-25-12-15-27)13-5-6-16-30-21-9-7-19-8-10-23(28)26-22(19)17-21;/h7-10,17,20,25H,3-6,11-16,18H2,1-2H3;1H. The van der Waals surface area contributed by atoms with Crippen molar-refractivity contribution in [3.63, 3.8) is 0 Å². The molecule has 1 aliphatic rings. The van der Waals surface area contributed by atoms with Crippen LogP contribution in [0.15, 0.2) is 35.1 Å². The number of unbranched alkanes of at least 4 members (excludes halogenated alkanes) is 1. The van der Waals surface area contributed by atoms with Gasteiger partial charge in [0.1, 0.15) is 11.9 Å². The van der Waals surface area contributed by atoms with Gasteiger partial charge in [-0.05, 0) is 49.3 Å². The van der Waals surface area contributed by atoms with Gasteiger partial charge in [0.05, 0.1) is 31.8 Å². The lowest BCUT2D eigenvalue weighted by molar-refractivity contribution is -0.945. The van der Waals surface area contributed by atoms with E-state index in [-0.39, 0.29) is 35.6 Å². The third kappa shape index (κ3) is 8.46. The summed E-state index contributed by atoms with van der Waals surface area (Å²) in [7, 11) is 0. The van der Waals surface area contributed by atoms with Crippen LogP contribution in [0.2, 0.25) is 0 Å². The van der Waals surface area contributed by atoms with Crippen LogP contribution in [-0.2, 0) is 9.47 Å². The minimum Gasteiger partial charge on any atom is -1.00 e. The maximum Gasteiger partial charge on any atom is 0.512 e. The summed E-state index contributed by atoms with van der Waals surface area (Å²) in [5, 5.41) is 4.36. The van der Waals surface area contributed by atoms with E-state index in [9.17, 15) is 9.59 Å². The van der Waals surface area contributed by atoms with Crippen LogP contribution in [0.3, 0.4) is 0 Å². The highest BCUT2D eigenvalue weighted by Crippen LogP contribution is 2.19. The lowest BCUT2D eigenvalue weighted by atomic mass is 10.2. The first-order valence-electron chi connectivity index (χ1n) is 11.7. The average Bonchev–Trinajstić information content (AvgIpc) is 2.81. The van der Waals surface area contributed by atoms with E-state index in [1.165, 1.54) is 6.07 Å². The summed E-state index contributed by atoms with van der Waals surface area (Å²) in [6.45, 7) is 9.56. The number of carbonyl (C=O) groups excluding carboxylic acids is 1. The summed E-state index contributed by atoms with van der Waals surface area (Å²) < 4.78 is 17.6. The Morgan fingerprint density at radius 3 is 2.55 bits per heavy atom. The van der Waals surface area contributed by atoms with Crippen molar-refractivity contribution in [3.05, 3.63) is 40.7 Å². The molecule has 8 nitrogen and oxygen atoms in total. The number of hydrogen-bond donors (Lipinski definition) is 2. The van der Waals surface area contributed by atoms with E-state index in [0.717, 1.165) is 79.5 Å². The van der Waals surface area contributed by atoms with Gasteiger partial charge < -0.3 is 48.5 Å². The number of aromatic amines is 1. The Morgan fingerprint density at radius 2 is 1.82 bits per heavy atom. The van der Waals surface area contributed by atoms with Crippen molar-refractivity contribution in [2.45, 2.75) is 45.6 Å². The molecule has 0 amide bonds. The third-order valence-corrected chi connectivity index (χ3v) is 6.15. The second-order valence-electron chi connectivity index (χ2n) is 8.47. The predicted octanol–water partition coefficient (Wildman–Crippen LogP) is 0.410. The molecule has 0 unspecified atom stereocenters. The average molecular weight is 573 g/mol. The number of ether oxygens (including phenoxy) is 3. The first-order valence-corrected chi connectivity index (χ1v) is 11.7. The van der Waals surface area contributed by atoms with Crippen molar-refractivity contribution < 1.29 is 47.5 Å². The normalized spacial score (nSPS) is 15.1. The molecule has 184 valence electrons. The molecule has 0 bridgehead atoms. The van der Waals surface area contributed by atoms with Crippen molar-refractivity contribution in [2.24, 2.45) is 0 Å². The van der Waals surface area contributed by atoms with Crippen molar-refractivity contribution in [1.82, 2.24) is 10.3 Å². The molecule has 1 fully saturated rings. The minimum atomic E-state index is -0.563. The number of piperazine rings is 1. The van der Waals surface area contributed by atoms with Gasteiger partial charge in [0.15, 0.2) is 0 Å². The quantitative estimate of drug-likeness (QED) is 0.175. The number of fused-ring (bicyclic) bond motifs is 1. The van der Waals surface area contributed by atoms with Crippen LogP contribution >= 0.6 is 0 Å². The van der Waals surface area contributed by atoms with Crippen molar-refractivity contribution in [3.8, 4) is 5.75 Å². The molecule has 33 heavy (non-hydrogen) atoms. The Labute approximate surface area is 212 Å². The van der Waals surface area contributed by atoms with Crippen LogP contribution in [0.4, 0.5) is 4.79 Å². The van der Waals surface area contributed by atoms with Crippen molar-refractivity contribution in [1.29, 1.82) is 0 Å². The molecule has 1 aromatic carbocycles. The fraction of sp³-hybridized carbons (Fsp3) is 0.583. The molecule has 1 aromatic heterocycles. The summed E-state index contributed by atoms with van der Waals surface area (Å²) in [4.78, 5) is 26.4. The Bertz CT molecular complexity index is 926. The molecule has 0 aliphatic carbocycles. The van der Waals surface area contributed by atoms with Crippen LogP contribution < -0.4 is 39.6 Å². The molecule has 3 rings (SSSR count). The molecule has 2 aromatic rings. The highest BCUT2D eigenvalue weighted by Gasteiger charge is 2.31. The summed E-state index contributed by atoms with van der Waals surface area (Å²) in [5.41, 5.74) is 0.656. The summed E-state index contributed by atoms with van der Waals surface area (Å²) in [6.07, 6.45) is 2.81. The Hall–Kier alpha value is -1.85. The zero-order chi connectivity index (χ0) is 22.8. The monoisotopic (exact) mass is 573 g/mol. The molecular weight excluding hydrogens is 537 g/mol. The number of halogens is 1. The molecular formula is C24H36IN3O5. The molecule has 2 N–H and O–H groups in total. The van der Waals surface area contributed by atoms with Gasteiger partial charge in [0.2, 0.25) is 12.3 Å². The second-order valence-corrected chi connectivity index (χ2v) is 8.47. The zero-order valence-electron chi connectivity index (χ0n) is 19.6. The number of nitrogens with one attached hydrogen (secondary N) is 2. The van der Waals surface area contributed by atoms with E-state index in [2.05, 4.69) is 10.3 Å². The Balaban J connectivity index is 0.00000385. The number of benzene rings is 1. The van der Waals surface area contributed by atoms with E-state index in [1.54, 1.807) is 6.07 Å². The van der Waals surface area contributed by atoms with Gasteiger partial charge in [-0.2, -0.15) is 0 Å². The van der Waals surface area contributed by atoms with E-state index in [4.69, 9.17) is 14.2 Å². The second kappa shape index (κ2) is 13.8. The topological polar surface area (TPSA) is 89.7 Å². The first kappa shape index (κ1) is 27.4. The van der Waals surface area contributed by atoms with Crippen LogP contribution in [0, 0.1) is 0 Å². The highest BCUT2D eigenvalue weighted by molar-refractivity contribution is 5.79. The summed E-state index contributed by atoms with van der Waals surface area (Å²) >= 11 is 0. The minimum absolute atomic E-state index is 0. The Morgan fingerprint density at radius 1 is 1.09 bits per heavy atom. The van der Waals surface area contributed by atoms with Crippen LogP contribution in [-0.4, -0.2) is 67.8 Å². The first-order chi connectivity index (χ1) is 15.5. The number of hydrogen-bond acceptors (Lipinski definition) is 6. The van der Waals surface area contributed by atoms with Gasteiger partial charge >= 0.3 is 6.16 Å². The van der Waals surface area contributed by atoms with Crippen LogP contribution in [0.5, 0.6) is 5.75 Å². The van der Waals surface area contributed by atoms with E-state index >= 15 is 0 Å². The number of pyridine rings is 1. The number of H-pyrrole nitrogens is 1. The summed E-state index contributed by atoms with van der Waals surface area (Å²) in [5.74, 6) is 0.748. The molecule has 1 saturated heterocycles. The molecule has 0 atom stereocenters. The lowest BCUT2D eigenvalue weighted by Gasteiger charge is -2.40. The van der Waals surface area contributed by atoms with E-state index in [0.29, 0.717) is 13.3 Å². The lowest BCUT2D eigenvalue weighted by Crippen LogP contribution is -3.00. The zero-order valence-corrected chi connectivity index (χ0v) is 21.8. The maximum atomic E-state index is 12.1. The molecule has 0 saturated carbocycles. The number of nitrogens with zero attached hydrogens (tertiary/aromatic N) is 1. The molecule has 9 heteroatoms. The largest absolute Gasteiger partial charge is 1.00 e. The van der Waals surface area contributed by atoms with E-state index in [1.807, 2.05) is 32.0 Å². The van der Waals surface area contributed by atoms with Gasteiger partial charge in [-0.15, -0.1) is 0 Å². The molecule has 0 spiro atoms. The number of carbonyl (C=O) groups is 1. The number of quaternary nitrogens is 1. The molecule has 0 radical (unpaired) electrons. The van der Waals surface area contributed by atoms with Crippen LogP contribution in [0.25, 0.3) is 10.9 Å². The van der Waals surface area contributed by atoms with Gasteiger partial charge in [0, 0.05) is 25.2 Å². The predicted molar refractivity (Wildman–Crippen MR) is 124 cm³/mol. The molecule has 2 heterocycles. The summed E-state index contributed by atoms with van der Waals surface area (Å²) in [6, 6.07) is 9.05. The molecule has 1 aliphatic heterocycles. The van der Waals surface area contributed by atoms with Gasteiger partial charge in [-0.1, -0.05) is 13.8 Å². The van der Waals surface area contributed by atoms with Crippen molar-refractivity contribution >= 4 is 17.1 Å². The van der Waals surface area contributed by atoms with E-state index < -0.39 is 6.16 Å². The third-order valence-electron chi connectivity index (χ3n) is 6.15. The van der Waals surface area contributed by atoms with Crippen LogP contribution in [0.1, 0.15) is 39.5 Å². The number of rotatable bonds is 11. The maximum absolute atomic E-state index is 12.1.